The van der Waals surface area contributed by atoms with E-state index in [1.54, 1.807) is 25.9 Å². The Kier molecular flexibility index (Phi) is 3.05. The van der Waals surface area contributed by atoms with Gasteiger partial charge < -0.3 is 10.0 Å². The van der Waals surface area contributed by atoms with Crippen molar-refractivity contribution < 1.29 is 14.7 Å². The monoisotopic (exact) mass is 227 g/mol. The lowest BCUT2D eigenvalue weighted by molar-refractivity contribution is -0.156. The molecule has 0 heterocycles. The minimum absolute atomic E-state index is 0.0370. The summed E-state index contributed by atoms with van der Waals surface area (Å²) in [6.45, 7) is 5.53. The molecule has 0 spiro atoms. The van der Waals surface area contributed by atoms with Gasteiger partial charge in [0, 0.05) is 20.0 Å². The van der Waals surface area contributed by atoms with Gasteiger partial charge >= 0.3 is 5.97 Å². The summed E-state index contributed by atoms with van der Waals surface area (Å²) in [6, 6.07) is 0. The average molecular weight is 227 g/mol. The first-order chi connectivity index (χ1) is 7.14. The molecule has 0 bridgehead atoms. The van der Waals surface area contributed by atoms with Gasteiger partial charge in [-0.15, -0.1) is 0 Å². The summed E-state index contributed by atoms with van der Waals surface area (Å²) >= 11 is 0. The lowest BCUT2D eigenvalue weighted by Gasteiger charge is -2.38. The van der Waals surface area contributed by atoms with Crippen LogP contribution in [0.5, 0.6) is 0 Å². The first kappa shape index (κ1) is 13.0. The van der Waals surface area contributed by atoms with E-state index in [1.807, 2.05) is 13.8 Å². The second kappa shape index (κ2) is 3.75. The van der Waals surface area contributed by atoms with Crippen LogP contribution in [0, 0.1) is 16.7 Å². The van der Waals surface area contributed by atoms with E-state index in [2.05, 4.69) is 0 Å². The first-order valence-corrected chi connectivity index (χ1v) is 5.59. The van der Waals surface area contributed by atoms with E-state index in [0.29, 0.717) is 12.8 Å². The number of rotatable bonds is 2. The summed E-state index contributed by atoms with van der Waals surface area (Å²) in [7, 11) is 3.43. The number of nitrogens with zero attached hydrogens (tertiary/aromatic N) is 1. The molecule has 92 valence electrons. The van der Waals surface area contributed by atoms with Gasteiger partial charge in [-0.25, -0.2) is 0 Å². The number of carbonyl (C=O) groups is 2. The van der Waals surface area contributed by atoms with Gasteiger partial charge in [0.15, 0.2) is 0 Å². The molecule has 0 radical (unpaired) electrons. The summed E-state index contributed by atoms with van der Waals surface area (Å²) in [5, 5.41) is 9.32. The molecule has 0 aromatic heterocycles. The number of carboxylic acid groups (broad SMARTS) is 1. The van der Waals surface area contributed by atoms with Crippen molar-refractivity contribution >= 4 is 11.9 Å². The van der Waals surface area contributed by atoms with Crippen LogP contribution in [0.2, 0.25) is 0 Å². The minimum atomic E-state index is -0.802. The predicted octanol–water partition coefficient (Wildman–Crippen LogP) is 1.60. The molecule has 4 heteroatoms. The van der Waals surface area contributed by atoms with Crippen LogP contribution in [-0.4, -0.2) is 36.0 Å². The smallest absolute Gasteiger partial charge is 0.309 e. The summed E-state index contributed by atoms with van der Waals surface area (Å²) in [5.41, 5.74) is -1.30. The highest BCUT2D eigenvalue weighted by Gasteiger charge is 2.58. The lowest BCUT2D eigenvalue weighted by atomic mass is 9.65. The van der Waals surface area contributed by atoms with Gasteiger partial charge in [-0.3, -0.25) is 9.59 Å². The molecular formula is C12H21NO3. The molecule has 1 N–H and O–H groups in total. The standard InChI is InChI=1S/C12H21NO3/c1-11(2)8(9(14)13(4)5)6-7-12(11,3)10(15)16/h8H,6-7H2,1-5H3,(H,15,16)/t8-,12+/m0/s1. The second-order valence-corrected chi connectivity index (χ2v) is 5.68. The van der Waals surface area contributed by atoms with Gasteiger partial charge in [0.2, 0.25) is 5.91 Å². The van der Waals surface area contributed by atoms with Crippen molar-refractivity contribution in [2.75, 3.05) is 14.1 Å². The van der Waals surface area contributed by atoms with Gasteiger partial charge in [-0.05, 0) is 25.2 Å². The second-order valence-electron chi connectivity index (χ2n) is 5.68. The number of hydrogen-bond donors (Lipinski definition) is 1. The summed E-state index contributed by atoms with van der Waals surface area (Å²) in [4.78, 5) is 24.9. The first-order valence-electron chi connectivity index (χ1n) is 5.59. The zero-order valence-electron chi connectivity index (χ0n) is 10.7. The molecular weight excluding hydrogens is 206 g/mol. The minimum Gasteiger partial charge on any atom is -0.481 e. The Labute approximate surface area is 96.6 Å². The van der Waals surface area contributed by atoms with E-state index in [4.69, 9.17) is 0 Å². The third kappa shape index (κ3) is 1.60. The largest absolute Gasteiger partial charge is 0.481 e. The predicted molar refractivity (Wildman–Crippen MR) is 60.9 cm³/mol. The Bertz CT molecular complexity index is 322. The van der Waals surface area contributed by atoms with Gasteiger partial charge in [0.05, 0.1) is 5.41 Å². The molecule has 0 saturated heterocycles. The molecule has 1 aliphatic rings. The molecule has 2 atom stereocenters. The van der Waals surface area contributed by atoms with Crippen LogP contribution >= 0.6 is 0 Å². The number of hydrogen-bond acceptors (Lipinski definition) is 2. The fourth-order valence-corrected chi connectivity index (χ4v) is 2.63. The Morgan fingerprint density at radius 3 is 2.06 bits per heavy atom. The van der Waals surface area contributed by atoms with Crippen LogP contribution in [0.4, 0.5) is 0 Å². The fraction of sp³-hybridized carbons (Fsp3) is 0.833. The molecule has 0 aromatic rings. The van der Waals surface area contributed by atoms with Crippen LogP contribution in [0.1, 0.15) is 33.6 Å². The van der Waals surface area contributed by atoms with Crippen molar-refractivity contribution in [3.05, 3.63) is 0 Å². The highest BCUT2D eigenvalue weighted by atomic mass is 16.4. The van der Waals surface area contributed by atoms with Crippen molar-refractivity contribution in [3.63, 3.8) is 0 Å². The Morgan fingerprint density at radius 1 is 1.25 bits per heavy atom. The van der Waals surface area contributed by atoms with E-state index < -0.39 is 16.8 Å². The van der Waals surface area contributed by atoms with Crippen molar-refractivity contribution in [2.24, 2.45) is 16.7 Å². The molecule has 4 nitrogen and oxygen atoms in total. The van der Waals surface area contributed by atoms with Gasteiger partial charge in [0.25, 0.3) is 0 Å². The number of carboxylic acids is 1. The zero-order valence-corrected chi connectivity index (χ0v) is 10.7. The summed E-state index contributed by atoms with van der Waals surface area (Å²) in [6.07, 6.45) is 1.23. The third-order valence-corrected chi connectivity index (χ3v) is 4.44. The topological polar surface area (TPSA) is 57.6 Å². The van der Waals surface area contributed by atoms with Crippen LogP contribution in [0.15, 0.2) is 0 Å². The van der Waals surface area contributed by atoms with E-state index in [9.17, 15) is 14.7 Å². The highest BCUT2D eigenvalue weighted by Crippen LogP contribution is 2.56. The molecule has 1 amide bonds. The molecule has 1 fully saturated rings. The van der Waals surface area contributed by atoms with E-state index >= 15 is 0 Å². The molecule has 1 aliphatic carbocycles. The van der Waals surface area contributed by atoms with Crippen LogP contribution < -0.4 is 0 Å². The lowest BCUT2D eigenvalue weighted by Crippen LogP contribution is -2.45. The Balaban J connectivity index is 3.05. The molecule has 0 aliphatic heterocycles. The number of amides is 1. The Hall–Kier alpha value is -1.06. The normalized spacial score (nSPS) is 32.4. The quantitative estimate of drug-likeness (QED) is 0.779. The van der Waals surface area contributed by atoms with Gasteiger partial charge in [-0.2, -0.15) is 0 Å². The van der Waals surface area contributed by atoms with Crippen LogP contribution in [0.25, 0.3) is 0 Å². The average Bonchev–Trinajstić information content (AvgIpc) is 2.38. The SMILES string of the molecule is CN(C)C(=O)[C@@H]1CC[C@](C)(C(=O)O)C1(C)C. The van der Waals surface area contributed by atoms with Crippen molar-refractivity contribution in [1.82, 2.24) is 4.90 Å². The highest BCUT2D eigenvalue weighted by molar-refractivity contribution is 5.83. The van der Waals surface area contributed by atoms with Crippen molar-refractivity contribution in [2.45, 2.75) is 33.6 Å². The maximum atomic E-state index is 12.0. The maximum Gasteiger partial charge on any atom is 0.309 e. The van der Waals surface area contributed by atoms with Gasteiger partial charge in [0.1, 0.15) is 0 Å². The van der Waals surface area contributed by atoms with Crippen molar-refractivity contribution in [1.29, 1.82) is 0 Å². The Morgan fingerprint density at radius 2 is 1.75 bits per heavy atom. The molecule has 16 heavy (non-hydrogen) atoms. The summed E-state index contributed by atoms with van der Waals surface area (Å²) < 4.78 is 0. The molecule has 1 rings (SSSR count). The van der Waals surface area contributed by atoms with Crippen molar-refractivity contribution in [3.8, 4) is 0 Å². The van der Waals surface area contributed by atoms with E-state index in [0.717, 1.165) is 0 Å². The molecule has 0 aromatic carbocycles. The van der Waals surface area contributed by atoms with E-state index in [1.165, 1.54) is 0 Å². The summed E-state index contributed by atoms with van der Waals surface area (Å²) in [5.74, 6) is -0.954. The number of aliphatic carboxylic acids is 1. The molecule has 1 saturated carbocycles. The van der Waals surface area contributed by atoms with Crippen LogP contribution in [0.3, 0.4) is 0 Å². The number of carbonyl (C=O) groups excluding carboxylic acids is 1. The van der Waals surface area contributed by atoms with E-state index in [-0.39, 0.29) is 11.8 Å². The van der Waals surface area contributed by atoms with Crippen LogP contribution in [-0.2, 0) is 9.59 Å². The van der Waals surface area contributed by atoms with Gasteiger partial charge in [-0.1, -0.05) is 13.8 Å². The third-order valence-electron chi connectivity index (χ3n) is 4.44. The molecule has 0 unspecified atom stereocenters. The zero-order chi connectivity index (χ0) is 12.7. The fourth-order valence-electron chi connectivity index (χ4n) is 2.63. The maximum absolute atomic E-state index is 12.0.